The number of hydrogen-bond acceptors (Lipinski definition) is 4. The summed E-state index contributed by atoms with van der Waals surface area (Å²) in [5.41, 5.74) is 4.56. The highest BCUT2D eigenvalue weighted by Gasteiger charge is 2.28. The van der Waals surface area contributed by atoms with Crippen LogP contribution in [0.3, 0.4) is 0 Å². The SMILES string of the molecule is CCN1C/C(=C/c2ccccc2OC)c2nc3ccccc3c(C(=O)O)c2C1. The Morgan fingerprint density at radius 2 is 1.93 bits per heavy atom. The Morgan fingerprint density at radius 1 is 1.18 bits per heavy atom. The second-order valence-corrected chi connectivity index (χ2v) is 6.85. The van der Waals surface area contributed by atoms with Crippen molar-refractivity contribution < 1.29 is 14.6 Å². The molecule has 5 heteroatoms. The summed E-state index contributed by atoms with van der Waals surface area (Å²) in [5, 5.41) is 10.7. The van der Waals surface area contributed by atoms with Crippen LogP contribution in [0.2, 0.25) is 0 Å². The molecule has 0 saturated carbocycles. The maximum Gasteiger partial charge on any atom is 0.336 e. The summed E-state index contributed by atoms with van der Waals surface area (Å²) >= 11 is 0. The number of pyridine rings is 1. The van der Waals surface area contributed by atoms with Crippen molar-refractivity contribution in [1.29, 1.82) is 0 Å². The van der Waals surface area contributed by atoms with Gasteiger partial charge in [0, 0.05) is 29.6 Å². The van der Waals surface area contributed by atoms with Crippen LogP contribution in [0.25, 0.3) is 22.6 Å². The number of fused-ring (bicyclic) bond motifs is 2. The van der Waals surface area contributed by atoms with Crippen LogP contribution >= 0.6 is 0 Å². The van der Waals surface area contributed by atoms with Crippen molar-refractivity contribution in [2.24, 2.45) is 0 Å². The number of rotatable bonds is 4. The van der Waals surface area contributed by atoms with Crippen LogP contribution in [-0.2, 0) is 6.54 Å². The van der Waals surface area contributed by atoms with Crippen LogP contribution in [0.4, 0.5) is 0 Å². The number of benzene rings is 2. The number of ether oxygens (including phenoxy) is 1. The lowest BCUT2D eigenvalue weighted by Gasteiger charge is -2.30. The molecule has 0 saturated heterocycles. The molecular weight excluding hydrogens is 352 g/mol. The smallest absolute Gasteiger partial charge is 0.336 e. The van der Waals surface area contributed by atoms with Gasteiger partial charge in [-0.25, -0.2) is 9.78 Å². The van der Waals surface area contributed by atoms with Gasteiger partial charge in [-0.05, 0) is 30.3 Å². The molecular formula is C23H22N2O3. The Balaban J connectivity index is 1.99. The van der Waals surface area contributed by atoms with Crippen molar-refractivity contribution in [3.05, 3.63) is 70.9 Å². The molecule has 2 aromatic carbocycles. The Labute approximate surface area is 163 Å². The van der Waals surface area contributed by atoms with Crippen molar-refractivity contribution >= 4 is 28.5 Å². The second kappa shape index (κ2) is 7.44. The summed E-state index contributed by atoms with van der Waals surface area (Å²) in [7, 11) is 1.65. The molecule has 3 aromatic rings. The van der Waals surface area contributed by atoms with E-state index in [1.807, 2.05) is 48.5 Å². The van der Waals surface area contributed by atoms with E-state index in [9.17, 15) is 9.90 Å². The van der Waals surface area contributed by atoms with E-state index in [2.05, 4.69) is 17.9 Å². The van der Waals surface area contributed by atoms with E-state index in [1.165, 1.54) is 0 Å². The molecule has 1 aromatic heterocycles. The monoisotopic (exact) mass is 374 g/mol. The molecule has 0 bridgehead atoms. The lowest BCUT2D eigenvalue weighted by Crippen LogP contribution is -2.31. The average molecular weight is 374 g/mol. The summed E-state index contributed by atoms with van der Waals surface area (Å²) < 4.78 is 5.49. The Bertz CT molecular complexity index is 1090. The first-order valence-electron chi connectivity index (χ1n) is 9.33. The third kappa shape index (κ3) is 3.14. The van der Waals surface area contributed by atoms with Crippen LogP contribution in [0, 0.1) is 0 Å². The third-order valence-corrected chi connectivity index (χ3v) is 5.20. The molecule has 0 fully saturated rings. The van der Waals surface area contributed by atoms with Crippen LogP contribution in [0.15, 0.2) is 48.5 Å². The first kappa shape index (κ1) is 18.2. The third-order valence-electron chi connectivity index (χ3n) is 5.20. The number of carboxylic acid groups (broad SMARTS) is 1. The van der Waals surface area contributed by atoms with Gasteiger partial charge in [0.25, 0.3) is 0 Å². The topological polar surface area (TPSA) is 62.7 Å². The number of likely N-dealkylation sites (N-methyl/N-ethyl adjacent to an activating group) is 1. The minimum absolute atomic E-state index is 0.352. The molecule has 0 aliphatic carbocycles. The maximum absolute atomic E-state index is 12.2. The standard InChI is InChI=1S/C23H22N2O3/c1-3-25-13-16(12-15-8-4-7-11-20(15)28-2)22-18(14-25)21(23(26)27)17-9-5-6-10-19(17)24-22/h4-12H,3,13-14H2,1-2H3,(H,26,27)/b16-12-. The van der Waals surface area contributed by atoms with Gasteiger partial charge >= 0.3 is 5.97 Å². The molecule has 0 radical (unpaired) electrons. The fraction of sp³-hybridized carbons (Fsp3) is 0.217. The minimum Gasteiger partial charge on any atom is -0.496 e. The van der Waals surface area contributed by atoms with Crippen LogP contribution < -0.4 is 4.74 Å². The highest BCUT2D eigenvalue weighted by molar-refractivity contribution is 6.06. The van der Waals surface area contributed by atoms with Crippen LogP contribution in [0.5, 0.6) is 5.75 Å². The number of aromatic nitrogens is 1. The quantitative estimate of drug-likeness (QED) is 0.737. The highest BCUT2D eigenvalue weighted by atomic mass is 16.5. The van der Waals surface area contributed by atoms with E-state index in [0.717, 1.165) is 34.7 Å². The summed E-state index contributed by atoms with van der Waals surface area (Å²) in [6.07, 6.45) is 2.06. The zero-order valence-corrected chi connectivity index (χ0v) is 16.0. The fourth-order valence-corrected chi connectivity index (χ4v) is 3.82. The molecule has 28 heavy (non-hydrogen) atoms. The predicted molar refractivity (Wildman–Crippen MR) is 111 cm³/mol. The highest BCUT2D eigenvalue weighted by Crippen LogP contribution is 2.35. The molecule has 5 nitrogen and oxygen atoms in total. The zero-order chi connectivity index (χ0) is 19.7. The summed E-state index contributed by atoms with van der Waals surface area (Å²) in [5.74, 6) is -0.131. The van der Waals surface area contributed by atoms with Gasteiger partial charge in [-0.2, -0.15) is 0 Å². The number of carbonyl (C=O) groups is 1. The summed E-state index contributed by atoms with van der Waals surface area (Å²) in [4.78, 5) is 19.3. The van der Waals surface area contributed by atoms with Gasteiger partial charge in [0.1, 0.15) is 5.75 Å². The number of hydrogen-bond donors (Lipinski definition) is 1. The molecule has 1 aliphatic heterocycles. The number of nitrogens with zero attached hydrogens (tertiary/aromatic N) is 2. The Hall–Kier alpha value is -3.18. The lowest BCUT2D eigenvalue weighted by atomic mass is 9.92. The van der Waals surface area contributed by atoms with Gasteiger partial charge in [-0.3, -0.25) is 4.90 Å². The molecule has 0 unspecified atom stereocenters. The Morgan fingerprint density at radius 3 is 2.68 bits per heavy atom. The van der Waals surface area contributed by atoms with E-state index in [-0.39, 0.29) is 0 Å². The largest absolute Gasteiger partial charge is 0.496 e. The fourth-order valence-electron chi connectivity index (χ4n) is 3.82. The van der Waals surface area contributed by atoms with Crippen molar-refractivity contribution in [1.82, 2.24) is 9.88 Å². The van der Waals surface area contributed by atoms with Crippen molar-refractivity contribution in [2.75, 3.05) is 20.2 Å². The van der Waals surface area contributed by atoms with Gasteiger partial charge in [0.15, 0.2) is 0 Å². The molecule has 0 amide bonds. The first-order valence-corrected chi connectivity index (χ1v) is 9.33. The molecule has 2 heterocycles. The van der Waals surface area contributed by atoms with Crippen LogP contribution in [-0.4, -0.2) is 41.2 Å². The van der Waals surface area contributed by atoms with E-state index >= 15 is 0 Å². The van der Waals surface area contributed by atoms with Gasteiger partial charge in [0.2, 0.25) is 0 Å². The van der Waals surface area contributed by atoms with Crippen molar-refractivity contribution in [3.8, 4) is 5.75 Å². The molecule has 1 N–H and O–H groups in total. The van der Waals surface area contributed by atoms with E-state index in [4.69, 9.17) is 9.72 Å². The van der Waals surface area contributed by atoms with E-state index < -0.39 is 5.97 Å². The van der Waals surface area contributed by atoms with Gasteiger partial charge in [-0.15, -0.1) is 0 Å². The molecule has 4 rings (SSSR count). The van der Waals surface area contributed by atoms with Gasteiger partial charge in [0.05, 0.1) is 23.9 Å². The predicted octanol–water partition coefficient (Wildman–Crippen LogP) is 4.32. The van der Waals surface area contributed by atoms with E-state index in [0.29, 0.717) is 29.6 Å². The number of aromatic carboxylic acids is 1. The molecule has 1 aliphatic rings. The maximum atomic E-state index is 12.2. The number of para-hydroxylation sites is 2. The summed E-state index contributed by atoms with van der Waals surface area (Å²) in [6.45, 7) is 4.20. The van der Waals surface area contributed by atoms with Crippen molar-refractivity contribution in [2.45, 2.75) is 13.5 Å². The first-order chi connectivity index (χ1) is 13.6. The molecule has 0 spiro atoms. The number of carboxylic acids is 1. The van der Waals surface area contributed by atoms with Crippen LogP contribution in [0.1, 0.15) is 34.1 Å². The Kier molecular flexibility index (Phi) is 4.84. The second-order valence-electron chi connectivity index (χ2n) is 6.85. The van der Waals surface area contributed by atoms with Gasteiger partial charge in [-0.1, -0.05) is 43.3 Å². The van der Waals surface area contributed by atoms with E-state index in [1.54, 1.807) is 7.11 Å². The normalized spacial score (nSPS) is 15.6. The number of methoxy groups -OCH3 is 1. The van der Waals surface area contributed by atoms with Gasteiger partial charge < -0.3 is 9.84 Å². The van der Waals surface area contributed by atoms with Crippen molar-refractivity contribution in [3.63, 3.8) is 0 Å². The summed E-state index contributed by atoms with van der Waals surface area (Å²) in [6, 6.07) is 15.3. The lowest BCUT2D eigenvalue weighted by molar-refractivity contribution is 0.0696. The minimum atomic E-state index is -0.913. The average Bonchev–Trinajstić information content (AvgIpc) is 2.72. The zero-order valence-electron chi connectivity index (χ0n) is 16.0. The molecule has 0 atom stereocenters. The molecule has 142 valence electrons.